The maximum Gasteiger partial charge on any atom is 0.269 e. The number of sulfonamides is 1. The van der Waals surface area contributed by atoms with Crippen molar-refractivity contribution in [2.75, 3.05) is 4.31 Å². The quantitative estimate of drug-likeness (QED) is 0.309. The summed E-state index contributed by atoms with van der Waals surface area (Å²) in [5, 5.41) is 11.0. The van der Waals surface area contributed by atoms with E-state index < -0.39 is 14.9 Å². The molecule has 1 aliphatic rings. The first-order chi connectivity index (χ1) is 14.8. The van der Waals surface area contributed by atoms with E-state index in [1.54, 1.807) is 36.4 Å². The average Bonchev–Trinajstić information content (AvgIpc) is 3.08. The maximum absolute atomic E-state index is 13.5. The number of benzene rings is 3. The van der Waals surface area contributed by atoms with Gasteiger partial charge >= 0.3 is 0 Å². The number of hydrogen-bond donors (Lipinski definition) is 0. The fourth-order valence-corrected chi connectivity index (χ4v) is 5.49. The van der Waals surface area contributed by atoms with Crippen molar-refractivity contribution in [3.63, 3.8) is 0 Å². The van der Waals surface area contributed by atoms with Crippen LogP contribution in [0.1, 0.15) is 15.9 Å². The molecular formula is C22H16N2O5S2. The largest absolute Gasteiger partial charge is 0.288 e. The number of nitro benzene ring substituents is 1. The van der Waals surface area contributed by atoms with Crippen LogP contribution in [-0.2, 0) is 10.0 Å². The van der Waals surface area contributed by atoms with Crippen molar-refractivity contribution in [3.05, 3.63) is 105 Å². The summed E-state index contributed by atoms with van der Waals surface area (Å²) in [7, 11) is -4.08. The molecule has 7 nitrogen and oxygen atoms in total. The molecule has 0 N–H and O–H groups in total. The Balaban J connectivity index is 1.83. The van der Waals surface area contributed by atoms with Gasteiger partial charge in [-0.05, 0) is 43.3 Å². The topological polar surface area (TPSA) is 97.6 Å². The summed E-state index contributed by atoms with van der Waals surface area (Å²) in [6, 6.07) is 18.5. The molecule has 0 saturated carbocycles. The second kappa shape index (κ2) is 8.01. The van der Waals surface area contributed by atoms with Crippen LogP contribution < -0.4 is 4.31 Å². The molecule has 0 atom stereocenters. The van der Waals surface area contributed by atoms with Crippen molar-refractivity contribution in [1.82, 2.24) is 0 Å². The van der Waals surface area contributed by atoms with Crippen molar-refractivity contribution < 1.29 is 18.1 Å². The lowest BCUT2D eigenvalue weighted by Crippen LogP contribution is -2.26. The van der Waals surface area contributed by atoms with E-state index in [0.717, 1.165) is 14.8 Å². The third kappa shape index (κ3) is 3.97. The number of non-ortho nitro benzene ring substituents is 1. The zero-order valence-electron chi connectivity index (χ0n) is 16.3. The molecule has 1 aliphatic heterocycles. The van der Waals surface area contributed by atoms with Crippen LogP contribution in [0.25, 0.3) is 0 Å². The fraction of sp³-hybridized carbons (Fsp3) is 0.0455. The smallest absolute Gasteiger partial charge is 0.269 e. The molecule has 1 heterocycles. The molecule has 0 spiro atoms. The molecule has 31 heavy (non-hydrogen) atoms. The van der Waals surface area contributed by atoms with Crippen LogP contribution in [0.2, 0.25) is 0 Å². The number of carbonyl (C=O) groups excluding carboxylic acids is 1. The number of hydrogen-bond acceptors (Lipinski definition) is 6. The van der Waals surface area contributed by atoms with E-state index in [1.165, 1.54) is 54.4 Å². The Morgan fingerprint density at radius 3 is 2.23 bits per heavy atom. The van der Waals surface area contributed by atoms with Crippen LogP contribution in [0.5, 0.6) is 0 Å². The van der Waals surface area contributed by atoms with E-state index in [9.17, 15) is 23.3 Å². The number of carbonyl (C=O) groups is 1. The minimum atomic E-state index is -4.08. The Morgan fingerprint density at radius 2 is 1.61 bits per heavy atom. The Bertz CT molecular complexity index is 1310. The summed E-state index contributed by atoms with van der Waals surface area (Å²) in [4.78, 5) is 24.3. The lowest BCUT2D eigenvalue weighted by atomic mass is 10.1. The van der Waals surface area contributed by atoms with Gasteiger partial charge in [0.15, 0.2) is 0 Å². The lowest BCUT2D eigenvalue weighted by Gasteiger charge is -2.21. The van der Waals surface area contributed by atoms with Gasteiger partial charge in [-0.25, -0.2) is 12.7 Å². The number of fused-ring (bicyclic) bond motifs is 1. The zero-order chi connectivity index (χ0) is 22.2. The molecule has 0 amide bonds. The van der Waals surface area contributed by atoms with Crippen LogP contribution in [0.15, 0.2) is 93.7 Å². The van der Waals surface area contributed by atoms with E-state index in [-0.39, 0.29) is 27.0 Å². The Kier molecular flexibility index (Phi) is 5.38. The Morgan fingerprint density at radius 1 is 0.968 bits per heavy atom. The number of Topliss-reactive ketones (excluding diaryl/α,β-unsaturated/α-hetero) is 1. The summed E-state index contributed by atoms with van der Waals surface area (Å²) in [5.41, 5.74) is 1.43. The summed E-state index contributed by atoms with van der Waals surface area (Å²) in [6.07, 6.45) is 1.28. The first-order valence-electron chi connectivity index (χ1n) is 9.16. The highest BCUT2D eigenvalue weighted by Crippen LogP contribution is 2.41. The lowest BCUT2D eigenvalue weighted by molar-refractivity contribution is -0.384. The number of ketones is 1. The number of thioether (sulfide) groups is 1. The number of allylic oxidation sites excluding steroid dienone is 1. The highest BCUT2D eigenvalue weighted by Gasteiger charge is 2.30. The molecule has 4 rings (SSSR count). The summed E-state index contributed by atoms with van der Waals surface area (Å²) < 4.78 is 27.9. The second-order valence-corrected chi connectivity index (χ2v) is 9.71. The number of nitro groups is 1. The summed E-state index contributed by atoms with van der Waals surface area (Å²) >= 11 is 1.19. The molecule has 0 fully saturated rings. The third-order valence-electron chi connectivity index (χ3n) is 4.70. The van der Waals surface area contributed by atoms with Gasteiger partial charge in [-0.2, -0.15) is 0 Å². The van der Waals surface area contributed by atoms with E-state index in [1.807, 2.05) is 6.92 Å². The average molecular weight is 453 g/mol. The van der Waals surface area contributed by atoms with Gasteiger partial charge < -0.3 is 0 Å². The van der Waals surface area contributed by atoms with Gasteiger partial charge in [0, 0.05) is 28.8 Å². The highest BCUT2D eigenvalue weighted by molar-refractivity contribution is 8.04. The predicted molar refractivity (Wildman–Crippen MR) is 119 cm³/mol. The SMILES string of the molecule is Cc1ccc(S(=O)(=O)N(C=C2Sc3ccccc3C2=O)c2ccc([N+](=O)[O-])cc2)cc1. The molecule has 0 bridgehead atoms. The van der Waals surface area contributed by atoms with Crippen LogP contribution in [-0.4, -0.2) is 19.1 Å². The van der Waals surface area contributed by atoms with E-state index in [4.69, 9.17) is 0 Å². The monoisotopic (exact) mass is 452 g/mol. The van der Waals surface area contributed by atoms with Gasteiger partial charge in [0.2, 0.25) is 5.78 Å². The zero-order valence-corrected chi connectivity index (χ0v) is 17.9. The molecule has 0 unspecified atom stereocenters. The van der Waals surface area contributed by atoms with E-state index >= 15 is 0 Å². The Hall–Kier alpha value is -3.43. The number of aryl methyl sites for hydroxylation is 1. The second-order valence-electron chi connectivity index (χ2n) is 6.81. The molecule has 0 aromatic heterocycles. The van der Waals surface area contributed by atoms with Crippen molar-refractivity contribution >= 4 is 38.9 Å². The van der Waals surface area contributed by atoms with Crippen molar-refractivity contribution in [1.29, 1.82) is 0 Å². The first kappa shape index (κ1) is 20.8. The van der Waals surface area contributed by atoms with Crippen LogP contribution >= 0.6 is 11.8 Å². The number of rotatable bonds is 5. The van der Waals surface area contributed by atoms with Crippen molar-refractivity contribution in [2.24, 2.45) is 0 Å². The number of nitrogens with zero attached hydrogens (tertiary/aromatic N) is 2. The van der Waals surface area contributed by atoms with Crippen LogP contribution in [0.4, 0.5) is 11.4 Å². The molecule has 3 aromatic carbocycles. The van der Waals surface area contributed by atoms with Gasteiger partial charge in [-0.1, -0.05) is 41.6 Å². The Labute approximate surface area is 183 Å². The number of anilines is 1. The molecule has 3 aromatic rings. The van der Waals surface area contributed by atoms with Gasteiger partial charge in [0.1, 0.15) is 0 Å². The van der Waals surface area contributed by atoms with Crippen LogP contribution in [0, 0.1) is 17.0 Å². The summed E-state index contributed by atoms with van der Waals surface area (Å²) in [6.45, 7) is 1.84. The van der Waals surface area contributed by atoms with Crippen molar-refractivity contribution in [2.45, 2.75) is 16.7 Å². The maximum atomic E-state index is 13.5. The van der Waals surface area contributed by atoms with Gasteiger partial charge in [-0.3, -0.25) is 14.9 Å². The normalized spacial score (nSPS) is 14.5. The third-order valence-corrected chi connectivity index (χ3v) is 7.49. The van der Waals surface area contributed by atoms with Crippen molar-refractivity contribution in [3.8, 4) is 0 Å². The van der Waals surface area contributed by atoms with Gasteiger partial charge in [0.25, 0.3) is 15.7 Å². The molecular weight excluding hydrogens is 436 g/mol. The van der Waals surface area contributed by atoms with E-state index in [0.29, 0.717) is 5.56 Å². The predicted octanol–water partition coefficient (Wildman–Crippen LogP) is 4.93. The van der Waals surface area contributed by atoms with E-state index in [2.05, 4.69) is 0 Å². The van der Waals surface area contributed by atoms with Crippen LogP contribution in [0.3, 0.4) is 0 Å². The molecule has 0 radical (unpaired) electrons. The summed E-state index contributed by atoms with van der Waals surface area (Å²) in [5.74, 6) is -0.272. The standard InChI is InChI=1S/C22H16N2O5S2/c1-15-6-12-18(13-7-15)31(28,29)23(16-8-10-17(11-9-16)24(26)27)14-21-22(25)19-4-2-3-5-20(19)30-21/h2-14H,1H3. The minimum absolute atomic E-state index is 0.0428. The highest BCUT2D eigenvalue weighted by atomic mass is 32.2. The minimum Gasteiger partial charge on any atom is -0.288 e. The molecule has 156 valence electrons. The molecule has 0 saturated heterocycles. The molecule has 0 aliphatic carbocycles. The van der Waals surface area contributed by atoms with Gasteiger partial charge in [-0.15, -0.1) is 0 Å². The molecule has 9 heteroatoms. The van der Waals surface area contributed by atoms with Gasteiger partial charge in [0.05, 0.1) is 20.4 Å². The fourth-order valence-electron chi connectivity index (χ4n) is 3.06. The first-order valence-corrected chi connectivity index (χ1v) is 11.4.